The normalized spacial score (nSPS) is 11.4. The van der Waals surface area contributed by atoms with Crippen molar-refractivity contribution in [3.05, 3.63) is 65.7 Å². The van der Waals surface area contributed by atoms with Crippen LogP contribution >= 0.6 is 0 Å². The minimum Gasteiger partial charge on any atom is -0.457 e. The standard InChI is InChI=1S/C34H54NO3/c1-4-5-6-7-8-9-10-11-12-13-17-24-32-25-18-19-26-33(32)37-30-38-34(36)27-20-21-28-35(2,3)29-31-22-15-14-16-23-31/h14-16,18-19,22-23,25-26H,4-13,17,20-21,24,27-30H2,1-3H3/q+1. The second-order valence-electron chi connectivity index (χ2n) is 11.4. The molecule has 0 fully saturated rings. The first kappa shape index (κ1) is 31.9. The van der Waals surface area contributed by atoms with Crippen molar-refractivity contribution in [1.29, 1.82) is 0 Å². The van der Waals surface area contributed by atoms with Crippen molar-refractivity contribution in [3.63, 3.8) is 0 Å². The molecule has 0 aliphatic heterocycles. The van der Waals surface area contributed by atoms with Gasteiger partial charge in [0.1, 0.15) is 12.3 Å². The monoisotopic (exact) mass is 524 g/mol. The smallest absolute Gasteiger partial charge is 0.308 e. The van der Waals surface area contributed by atoms with E-state index in [1.807, 2.05) is 12.1 Å². The zero-order valence-corrected chi connectivity index (χ0v) is 24.6. The van der Waals surface area contributed by atoms with E-state index < -0.39 is 0 Å². The Balaban J connectivity index is 1.53. The molecule has 4 nitrogen and oxygen atoms in total. The molecule has 38 heavy (non-hydrogen) atoms. The van der Waals surface area contributed by atoms with Crippen molar-refractivity contribution >= 4 is 5.97 Å². The van der Waals surface area contributed by atoms with E-state index in [-0.39, 0.29) is 12.8 Å². The Bertz CT molecular complexity index is 865. The fourth-order valence-corrected chi connectivity index (χ4v) is 5.03. The third kappa shape index (κ3) is 15.2. The molecule has 0 N–H and O–H groups in total. The number of carbonyl (C=O) groups excluding carboxylic acids is 1. The van der Waals surface area contributed by atoms with Gasteiger partial charge in [-0.1, -0.05) is 120 Å². The lowest BCUT2D eigenvalue weighted by Gasteiger charge is -2.30. The Morgan fingerprint density at radius 2 is 1.32 bits per heavy atom. The molecule has 2 rings (SSSR count). The fourth-order valence-electron chi connectivity index (χ4n) is 5.03. The van der Waals surface area contributed by atoms with Gasteiger partial charge in [0.15, 0.2) is 0 Å². The topological polar surface area (TPSA) is 35.5 Å². The van der Waals surface area contributed by atoms with Gasteiger partial charge in [-0.15, -0.1) is 0 Å². The number of nitrogens with zero attached hydrogens (tertiary/aromatic N) is 1. The average molecular weight is 525 g/mol. The van der Waals surface area contributed by atoms with Gasteiger partial charge in [-0.05, 0) is 37.3 Å². The van der Waals surface area contributed by atoms with Gasteiger partial charge in [-0.3, -0.25) is 4.79 Å². The first-order valence-electron chi connectivity index (χ1n) is 15.2. The Kier molecular flexibility index (Phi) is 16.5. The minimum absolute atomic E-state index is 0.0103. The van der Waals surface area contributed by atoms with Crippen LogP contribution in [0.5, 0.6) is 5.75 Å². The molecule has 0 amide bonds. The molecule has 0 aliphatic carbocycles. The molecule has 2 aromatic carbocycles. The predicted molar refractivity (Wildman–Crippen MR) is 159 cm³/mol. The van der Waals surface area contributed by atoms with Gasteiger partial charge in [-0.2, -0.15) is 0 Å². The Labute approximate surface area is 233 Å². The van der Waals surface area contributed by atoms with Crippen LogP contribution in [0.1, 0.15) is 108 Å². The van der Waals surface area contributed by atoms with Crippen LogP contribution in [0.3, 0.4) is 0 Å². The molecule has 0 saturated carbocycles. The van der Waals surface area contributed by atoms with Gasteiger partial charge in [0, 0.05) is 12.0 Å². The molecule has 0 bridgehead atoms. The molecule has 0 saturated heterocycles. The van der Waals surface area contributed by atoms with Crippen LogP contribution in [-0.4, -0.2) is 37.9 Å². The summed E-state index contributed by atoms with van der Waals surface area (Å²) in [7, 11) is 4.49. The SMILES string of the molecule is CCCCCCCCCCCCCc1ccccc1OCOC(=O)CCCC[N+](C)(C)Cc1ccccc1. The Morgan fingerprint density at radius 3 is 2.00 bits per heavy atom. The first-order chi connectivity index (χ1) is 18.5. The second-order valence-corrected chi connectivity index (χ2v) is 11.4. The number of unbranched alkanes of at least 4 members (excludes halogenated alkanes) is 11. The molecule has 212 valence electrons. The summed E-state index contributed by atoms with van der Waals surface area (Å²) in [6.45, 7) is 4.30. The molecule has 0 aliphatic rings. The van der Waals surface area contributed by atoms with Crippen LogP contribution in [-0.2, 0) is 22.5 Å². The molecular weight excluding hydrogens is 470 g/mol. The largest absolute Gasteiger partial charge is 0.457 e. The molecule has 0 heterocycles. The number of ether oxygens (including phenoxy) is 2. The van der Waals surface area contributed by atoms with Gasteiger partial charge in [0.2, 0.25) is 6.79 Å². The minimum atomic E-state index is -0.179. The van der Waals surface area contributed by atoms with Crippen LogP contribution in [0.25, 0.3) is 0 Å². The van der Waals surface area contributed by atoms with E-state index in [4.69, 9.17) is 9.47 Å². The summed E-state index contributed by atoms with van der Waals surface area (Å²) in [6, 6.07) is 18.7. The van der Waals surface area contributed by atoms with Gasteiger partial charge in [-0.25, -0.2) is 0 Å². The molecule has 4 heteroatoms. The van der Waals surface area contributed by atoms with Crippen LogP contribution in [0, 0.1) is 0 Å². The lowest BCUT2D eigenvalue weighted by atomic mass is 10.0. The molecule has 0 aromatic heterocycles. The van der Waals surface area contributed by atoms with Crippen molar-refractivity contribution in [2.24, 2.45) is 0 Å². The molecule has 0 atom stereocenters. The number of quaternary nitrogens is 1. The average Bonchev–Trinajstić information content (AvgIpc) is 2.91. The van der Waals surface area contributed by atoms with Crippen LogP contribution in [0.2, 0.25) is 0 Å². The highest BCUT2D eigenvalue weighted by Gasteiger charge is 2.16. The van der Waals surface area contributed by atoms with Crippen LogP contribution in [0.15, 0.2) is 54.6 Å². The Morgan fingerprint density at radius 1 is 0.711 bits per heavy atom. The van der Waals surface area contributed by atoms with E-state index in [9.17, 15) is 4.79 Å². The van der Waals surface area contributed by atoms with Crippen molar-refractivity contribution in [2.75, 3.05) is 27.4 Å². The number of esters is 1. The summed E-state index contributed by atoms with van der Waals surface area (Å²) in [4.78, 5) is 12.2. The Hall–Kier alpha value is -2.33. The quantitative estimate of drug-likeness (QED) is 0.0668. The van der Waals surface area contributed by atoms with E-state index in [1.54, 1.807) is 0 Å². The molecule has 2 aromatic rings. The van der Waals surface area contributed by atoms with E-state index in [2.05, 4.69) is 63.5 Å². The van der Waals surface area contributed by atoms with Crippen LogP contribution in [0.4, 0.5) is 0 Å². The van der Waals surface area contributed by atoms with E-state index in [0.29, 0.717) is 6.42 Å². The number of para-hydroxylation sites is 1. The maximum absolute atomic E-state index is 12.2. The van der Waals surface area contributed by atoms with E-state index in [0.717, 1.165) is 42.6 Å². The highest BCUT2D eigenvalue weighted by atomic mass is 16.7. The van der Waals surface area contributed by atoms with Gasteiger partial charge < -0.3 is 14.0 Å². The lowest BCUT2D eigenvalue weighted by molar-refractivity contribution is -0.903. The molecule has 0 spiro atoms. The molecular formula is C34H54NO3+. The highest BCUT2D eigenvalue weighted by molar-refractivity contribution is 5.69. The van der Waals surface area contributed by atoms with Crippen molar-refractivity contribution in [2.45, 2.75) is 110 Å². The number of hydrogen-bond acceptors (Lipinski definition) is 3. The van der Waals surface area contributed by atoms with Crippen molar-refractivity contribution in [1.82, 2.24) is 0 Å². The van der Waals surface area contributed by atoms with Gasteiger partial charge in [0.25, 0.3) is 0 Å². The van der Waals surface area contributed by atoms with Crippen molar-refractivity contribution in [3.8, 4) is 5.75 Å². The fraction of sp³-hybridized carbons (Fsp3) is 0.618. The highest BCUT2D eigenvalue weighted by Crippen LogP contribution is 2.21. The van der Waals surface area contributed by atoms with Crippen LogP contribution < -0.4 is 4.74 Å². The predicted octanol–water partition coefficient (Wildman–Crippen LogP) is 8.87. The number of hydrogen-bond donors (Lipinski definition) is 0. The van der Waals surface area contributed by atoms with Crippen molar-refractivity contribution < 1.29 is 18.8 Å². The summed E-state index contributed by atoms with van der Waals surface area (Å²) in [5.41, 5.74) is 2.55. The third-order valence-corrected chi connectivity index (χ3v) is 7.30. The van der Waals surface area contributed by atoms with Gasteiger partial charge in [0.05, 0.1) is 20.6 Å². The number of benzene rings is 2. The summed E-state index contributed by atoms with van der Waals surface area (Å²) < 4.78 is 12.1. The van der Waals surface area contributed by atoms with Gasteiger partial charge >= 0.3 is 5.97 Å². The number of rotatable bonds is 22. The maximum atomic E-state index is 12.2. The molecule has 0 radical (unpaired) electrons. The maximum Gasteiger partial charge on any atom is 0.308 e. The summed E-state index contributed by atoms with van der Waals surface area (Å²) in [5.74, 6) is 0.661. The summed E-state index contributed by atoms with van der Waals surface area (Å²) in [5, 5.41) is 0. The summed E-state index contributed by atoms with van der Waals surface area (Å²) in [6.07, 6.45) is 18.1. The second kappa shape index (κ2) is 19.7. The summed E-state index contributed by atoms with van der Waals surface area (Å²) >= 11 is 0. The zero-order valence-electron chi connectivity index (χ0n) is 24.6. The molecule has 0 unspecified atom stereocenters. The zero-order chi connectivity index (χ0) is 27.3. The lowest BCUT2D eigenvalue weighted by Crippen LogP contribution is -2.39. The number of carbonyl (C=O) groups is 1. The number of aryl methyl sites for hydroxylation is 1. The van der Waals surface area contributed by atoms with E-state index in [1.165, 1.54) is 81.8 Å². The third-order valence-electron chi connectivity index (χ3n) is 7.30. The van der Waals surface area contributed by atoms with E-state index >= 15 is 0 Å². The first-order valence-corrected chi connectivity index (χ1v) is 15.2.